The van der Waals surface area contributed by atoms with Crippen LogP contribution in [0.25, 0.3) is 0 Å². The molecule has 19 heavy (non-hydrogen) atoms. The van der Waals surface area contributed by atoms with Gasteiger partial charge in [0.2, 0.25) is 5.88 Å². The fourth-order valence-electron chi connectivity index (χ4n) is 1.45. The fraction of sp³-hybridized carbons (Fsp3) is 0. The van der Waals surface area contributed by atoms with Crippen LogP contribution in [-0.4, -0.2) is 11.9 Å². The molecule has 1 heterocycles. The molecule has 0 fully saturated rings. The van der Waals surface area contributed by atoms with Crippen molar-refractivity contribution in [3.63, 3.8) is 0 Å². The number of halogens is 1. The number of benzene rings is 1. The maximum Gasteiger partial charge on any atom is 0.326 e. The number of carbonyl (C=O) groups excluding carboxylic acids is 2. The highest BCUT2D eigenvalue weighted by Crippen LogP contribution is 2.19. The Morgan fingerprint density at radius 1 is 1.11 bits per heavy atom. The zero-order valence-electron chi connectivity index (χ0n) is 9.64. The van der Waals surface area contributed by atoms with Crippen molar-refractivity contribution in [3.8, 4) is 0 Å². The van der Waals surface area contributed by atoms with Gasteiger partial charge in [-0.3, -0.25) is 10.1 Å². The number of carbonyl (C=O) groups is 2. The Bertz CT molecular complexity index is 624. The predicted molar refractivity (Wildman–Crippen MR) is 74.0 cm³/mol. The molecule has 3 amide bonds. The number of primary amides is 1. The zero-order chi connectivity index (χ0) is 13.8. The Labute approximate surface area is 117 Å². The third-order valence-corrected chi connectivity index (χ3v) is 2.68. The molecule has 1 aromatic heterocycles. The van der Waals surface area contributed by atoms with Crippen molar-refractivity contribution in [2.75, 3.05) is 10.6 Å². The highest BCUT2D eigenvalue weighted by atomic mass is 79.9. The van der Waals surface area contributed by atoms with Gasteiger partial charge in [-0.15, -0.1) is 0 Å². The maximum atomic E-state index is 11.7. The monoisotopic (exact) mass is 323 g/mol. The van der Waals surface area contributed by atoms with E-state index in [1.807, 2.05) is 0 Å². The summed E-state index contributed by atoms with van der Waals surface area (Å²) in [6.07, 6.45) is 0. The molecule has 0 bridgehead atoms. The Morgan fingerprint density at radius 3 is 2.47 bits per heavy atom. The molecule has 0 aliphatic rings. The lowest BCUT2D eigenvalue weighted by atomic mass is 10.1. The minimum absolute atomic E-state index is 0.235. The van der Waals surface area contributed by atoms with Crippen molar-refractivity contribution in [2.45, 2.75) is 0 Å². The lowest BCUT2D eigenvalue weighted by Crippen LogP contribution is -2.22. The number of amides is 3. The molecule has 0 spiro atoms. The van der Waals surface area contributed by atoms with Gasteiger partial charge in [0.1, 0.15) is 0 Å². The fourth-order valence-corrected chi connectivity index (χ4v) is 1.76. The summed E-state index contributed by atoms with van der Waals surface area (Å²) in [5.41, 5.74) is 5.78. The van der Waals surface area contributed by atoms with Crippen LogP contribution in [0.1, 0.15) is 10.4 Å². The van der Waals surface area contributed by atoms with E-state index in [9.17, 15) is 9.59 Å². The molecule has 98 valence electrons. The smallest absolute Gasteiger partial charge is 0.326 e. The van der Waals surface area contributed by atoms with E-state index in [1.165, 1.54) is 6.07 Å². The van der Waals surface area contributed by atoms with Gasteiger partial charge in [-0.05, 0) is 34.1 Å². The van der Waals surface area contributed by atoms with Crippen LogP contribution in [0, 0.1) is 0 Å². The van der Waals surface area contributed by atoms with Crippen LogP contribution >= 0.6 is 15.9 Å². The Balaban J connectivity index is 2.09. The van der Waals surface area contributed by atoms with E-state index in [-0.39, 0.29) is 11.4 Å². The predicted octanol–water partition coefficient (Wildman–Crippen LogP) is 2.79. The lowest BCUT2D eigenvalue weighted by Gasteiger charge is -2.08. The van der Waals surface area contributed by atoms with Crippen molar-refractivity contribution in [3.05, 3.63) is 46.6 Å². The van der Waals surface area contributed by atoms with Crippen LogP contribution in [0.4, 0.5) is 16.4 Å². The minimum atomic E-state index is -0.614. The number of para-hydroxylation sites is 1. The van der Waals surface area contributed by atoms with E-state index in [1.54, 1.807) is 30.3 Å². The SMILES string of the molecule is NC(=O)c1ccccc1NC(=O)Nc1ccc(Br)o1. The van der Waals surface area contributed by atoms with Gasteiger partial charge >= 0.3 is 6.03 Å². The number of hydrogen-bond acceptors (Lipinski definition) is 3. The summed E-state index contributed by atoms with van der Waals surface area (Å²) in [6, 6.07) is 9.16. The summed E-state index contributed by atoms with van der Waals surface area (Å²) in [5, 5.41) is 5.00. The van der Waals surface area contributed by atoms with Gasteiger partial charge in [-0.2, -0.15) is 0 Å². The first-order valence-electron chi connectivity index (χ1n) is 5.28. The Hall–Kier alpha value is -2.28. The molecule has 2 aromatic rings. The van der Waals surface area contributed by atoms with Gasteiger partial charge in [0, 0.05) is 6.07 Å². The Kier molecular flexibility index (Phi) is 3.86. The van der Waals surface area contributed by atoms with Crippen LogP contribution in [0.3, 0.4) is 0 Å². The average molecular weight is 324 g/mol. The zero-order valence-corrected chi connectivity index (χ0v) is 11.2. The highest BCUT2D eigenvalue weighted by Gasteiger charge is 2.11. The van der Waals surface area contributed by atoms with E-state index in [4.69, 9.17) is 10.2 Å². The standard InChI is InChI=1S/C12H10BrN3O3/c13-9-5-6-10(19-9)16-12(18)15-8-4-2-1-3-7(8)11(14)17/h1-6H,(H2,14,17)(H2,15,16,18). The van der Waals surface area contributed by atoms with Gasteiger partial charge in [-0.1, -0.05) is 12.1 Å². The second-order valence-electron chi connectivity index (χ2n) is 3.59. The van der Waals surface area contributed by atoms with Crippen LogP contribution < -0.4 is 16.4 Å². The number of urea groups is 1. The van der Waals surface area contributed by atoms with E-state index in [0.29, 0.717) is 10.4 Å². The van der Waals surface area contributed by atoms with Crippen molar-refractivity contribution >= 4 is 39.4 Å². The van der Waals surface area contributed by atoms with Gasteiger partial charge in [0.25, 0.3) is 5.91 Å². The molecular formula is C12H10BrN3O3. The maximum absolute atomic E-state index is 11.7. The summed E-state index contributed by atoms with van der Waals surface area (Å²) in [4.78, 5) is 22.9. The van der Waals surface area contributed by atoms with Crippen molar-refractivity contribution in [1.82, 2.24) is 0 Å². The summed E-state index contributed by atoms with van der Waals surface area (Å²) in [5.74, 6) is -0.336. The molecule has 0 atom stereocenters. The van der Waals surface area contributed by atoms with E-state index >= 15 is 0 Å². The molecule has 0 saturated carbocycles. The molecule has 0 saturated heterocycles. The number of hydrogen-bond donors (Lipinski definition) is 3. The van der Waals surface area contributed by atoms with Gasteiger partial charge in [0.15, 0.2) is 4.67 Å². The third kappa shape index (κ3) is 3.35. The Morgan fingerprint density at radius 2 is 1.84 bits per heavy atom. The molecule has 1 aromatic carbocycles. The first kappa shape index (κ1) is 13.2. The van der Waals surface area contributed by atoms with Crippen LogP contribution in [0.2, 0.25) is 0 Å². The first-order valence-corrected chi connectivity index (χ1v) is 6.08. The second kappa shape index (κ2) is 5.57. The molecule has 0 aliphatic heterocycles. The average Bonchev–Trinajstić information content (AvgIpc) is 2.75. The molecule has 6 nitrogen and oxygen atoms in total. The first-order chi connectivity index (χ1) is 9.06. The second-order valence-corrected chi connectivity index (χ2v) is 4.37. The summed E-state index contributed by atoms with van der Waals surface area (Å²) in [6.45, 7) is 0. The molecule has 7 heteroatoms. The number of anilines is 2. The molecule has 0 radical (unpaired) electrons. The molecular weight excluding hydrogens is 314 g/mol. The van der Waals surface area contributed by atoms with Crippen LogP contribution in [0.15, 0.2) is 45.5 Å². The van der Waals surface area contributed by atoms with Crippen molar-refractivity contribution in [2.24, 2.45) is 5.73 Å². The lowest BCUT2D eigenvalue weighted by molar-refractivity contribution is 0.100. The van der Waals surface area contributed by atoms with Gasteiger partial charge in [0.05, 0.1) is 11.3 Å². The largest absolute Gasteiger partial charge is 0.434 e. The molecule has 4 N–H and O–H groups in total. The molecule has 0 unspecified atom stereocenters. The number of furan rings is 1. The van der Waals surface area contributed by atoms with Crippen LogP contribution in [0.5, 0.6) is 0 Å². The topological polar surface area (TPSA) is 97.4 Å². The summed E-state index contributed by atoms with van der Waals surface area (Å²) >= 11 is 3.12. The van der Waals surface area contributed by atoms with Crippen molar-refractivity contribution < 1.29 is 14.0 Å². The summed E-state index contributed by atoms with van der Waals surface area (Å²) < 4.78 is 5.62. The van der Waals surface area contributed by atoms with E-state index in [2.05, 4.69) is 26.6 Å². The van der Waals surface area contributed by atoms with E-state index in [0.717, 1.165) is 0 Å². The quantitative estimate of drug-likeness (QED) is 0.810. The summed E-state index contributed by atoms with van der Waals surface area (Å²) in [7, 11) is 0. The number of nitrogens with one attached hydrogen (secondary N) is 2. The molecule has 2 rings (SSSR count). The number of rotatable bonds is 3. The minimum Gasteiger partial charge on any atom is -0.434 e. The van der Waals surface area contributed by atoms with Gasteiger partial charge < -0.3 is 15.5 Å². The highest BCUT2D eigenvalue weighted by molar-refractivity contribution is 9.10. The number of nitrogens with two attached hydrogens (primary N) is 1. The van der Waals surface area contributed by atoms with Gasteiger partial charge in [-0.25, -0.2) is 4.79 Å². The normalized spacial score (nSPS) is 9.95. The van der Waals surface area contributed by atoms with Crippen LogP contribution in [-0.2, 0) is 0 Å². The van der Waals surface area contributed by atoms with E-state index < -0.39 is 11.9 Å². The molecule has 0 aliphatic carbocycles. The third-order valence-electron chi connectivity index (χ3n) is 2.25. The van der Waals surface area contributed by atoms with Crippen molar-refractivity contribution in [1.29, 1.82) is 0 Å².